The van der Waals surface area contributed by atoms with Gasteiger partial charge in [-0.2, -0.15) is 0 Å². The van der Waals surface area contributed by atoms with Gasteiger partial charge in [-0.25, -0.2) is 0 Å². The highest BCUT2D eigenvalue weighted by atomic mass is 16.5. The summed E-state index contributed by atoms with van der Waals surface area (Å²) in [6.45, 7) is 3.25. The third-order valence-corrected chi connectivity index (χ3v) is 7.33. The minimum Gasteiger partial charge on any atom is -0.493 e. The molecule has 1 aliphatic heterocycles. The van der Waals surface area contributed by atoms with Gasteiger partial charge >= 0.3 is 0 Å². The summed E-state index contributed by atoms with van der Waals surface area (Å²) in [6.07, 6.45) is 13.3. The predicted molar refractivity (Wildman–Crippen MR) is 128 cm³/mol. The number of carbonyl (C=O) groups excluding carboxylic acids is 2. The topological polar surface area (TPSA) is 59.1 Å². The molecule has 6 nitrogen and oxygen atoms in total. The highest BCUT2D eigenvalue weighted by molar-refractivity contribution is 5.96. The number of hydrogen-bond donors (Lipinski definition) is 0. The number of amides is 2. The lowest BCUT2D eigenvalue weighted by molar-refractivity contribution is -0.159. The predicted octanol–water partition coefficient (Wildman–Crippen LogP) is 5.03. The van der Waals surface area contributed by atoms with E-state index in [0.717, 1.165) is 50.5 Å². The van der Waals surface area contributed by atoms with Crippen LogP contribution in [-0.2, 0) is 9.59 Å². The number of carbonyl (C=O) groups is 2. The first-order valence-corrected chi connectivity index (χ1v) is 12.7. The summed E-state index contributed by atoms with van der Waals surface area (Å²) < 4.78 is 11.2. The lowest BCUT2D eigenvalue weighted by atomic mass is 9.91. The van der Waals surface area contributed by atoms with Gasteiger partial charge in [0, 0.05) is 12.6 Å². The summed E-state index contributed by atoms with van der Waals surface area (Å²) in [5, 5.41) is 0. The normalized spacial score (nSPS) is 22.4. The molecule has 1 heterocycles. The van der Waals surface area contributed by atoms with Gasteiger partial charge in [0.15, 0.2) is 11.5 Å². The minimum atomic E-state index is -0.609. The van der Waals surface area contributed by atoms with E-state index in [1.165, 1.54) is 24.8 Å². The quantitative estimate of drug-likeness (QED) is 0.517. The number of ether oxygens (including phenoxy) is 2. The molecule has 2 fully saturated rings. The maximum Gasteiger partial charge on any atom is 0.250 e. The van der Waals surface area contributed by atoms with Crippen LogP contribution in [0.5, 0.6) is 11.5 Å². The van der Waals surface area contributed by atoms with Crippen LogP contribution in [-0.4, -0.2) is 54.5 Å². The average molecular weight is 455 g/mol. The van der Waals surface area contributed by atoms with Crippen LogP contribution in [0.1, 0.15) is 82.7 Å². The fourth-order valence-corrected chi connectivity index (χ4v) is 5.55. The van der Waals surface area contributed by atoms with Crippen molar-refractivity contribution in [3.8, 4) is 11.5 Å². The maximum absolute atomic E-state index is 13.9. The molecule has 0 N–H and O–H groups in total. The Morgan fingerprint density at radius 2 is 1.85 bits per heavy atom. The van der Waals surface area contributed by atoms with Crippen molar-refractivity contribution in [3.63, 3.8) is 0 Å². The van der Waals surface area contributed by atoms with E-state index in [4.69, 9.17) is 9.47 Å². The second-order valence-corrected chi connectivity index (χ2v) is 9.45. The fraction of sp³-hybridized carbons (Fsp3) is 0.630. The minimum absolute atomic E-state index is 0.0466. The lowest BCUT2D eigenvalue weighted by Gasteiger charge is -2.44. The highest BCUT2D eigenvalue weighted by Gasteiger charge is 2.43. The van der Waals surface area contributed by atoms with Crippen molar-refractivity contribution in [1.82, 2.24) is 9.80 Å². The molecule has 6 heteroatoms. The van der Waals surface area contributed by atoms with Gasteiger partial charge in [-0.15, -0.1) is 0 Å². The van der Waals surface area contributed by atoms with Gasteiger partial charge in [0.1, 0.15) is 12.6 Å². The molecule has 0 spiro atoms. The number of methoxy groups -OCH3 is 1. The van der Waals surface area contributed by atoms with Crippen LogP contribution >= 0.6 is 0 Å². The Morgan fingerprint density at radius 1 is 1.03 bits per heavy atom. The molecule has 1 aromatic rings. The zero-order valence-electron chi connectivity index (χ0n) is 20.2. The monoisotopic (exact) mass is 454 g/mol. The van der Waals surface area contributed by atoms with E-state index in [-0.39, 0.29) is 24.4 Å². The van der Waals surface area contributed by atoms with Crippen molar-refractivity contribution >= 4 is 11.8 Å². The molecule has 0 bridgehead atoms. The number of rotatable bonds is 8. The van der Waals surface area contributed by atoms with E-state index in [1.807, 2.05) is 34.9 Å². The molecule has 1 aromatic carbocycles. The van der Waals surface area contributed by atoms with Crippen molar-refractivity contribution in [2.45, 2.75) is 83.2 Å². The number of allylic oxidation sites excluding steroid dienone is 1. The van der Waals surface area contributed by atoms with E-state index in [1.54, 1.807) is 7.11 Å². The maximum atomic E-state index is 13.9. The van der Waals surface area contributed by atoms with Gasteiger partial charge in [0.05, 0.1) is 13.7 Å². The van der Waals surface area contributed by atoms with E-state index >= 15 is 0 Å². The van der Waals surface area contributed by atoms with Gasteiger partial charge in [-0.3, -0.25) is 9.59 Å². The number of nitrogens with zero attached hydrogens (tertiary/aromatic N) is 2. The zero-order chi connectivity index (χ0) is 23.2. The Balaban J connectivity index is 1.63. The molecule has 0 aromatic heterocycles. The lowest BCUT2D eigenvalue weighted by Crippen LogP contribution is -2.58. The van der Waals surface area contributed by atoms with Crippen molar-refractivity contribution < 1.29 is 19.1 Å². The third-order valence-electron chi connectivity index (χ3n) is 7.33. The first kappa shape index (κ1) is 23.7. The first-order valence-electron chi connectivity index (χ1n) is 12.7. The van der Waals surface area contributed by atoms with Crippen LogP contribution in [0.3, 0.4) is 0 Å². The molecule has 2 amide bonds. The Morgan fingerprint density at radius 3 is 2.55 bits per heavy atom. The molecule has 3 aliphatic rings. The SMILES string of the molecule is CCOc1ccc([C@H]2C(=O)N(C3CCCCC3)CC(=O)N2CCC2=CCCCC2)cc1OC. The molecule has 1 atom stereocenters. The smallest absolute Gasteiger partial charge is 0.250 e. The van der Waals surface area contributed by atoms with Crippen LogP contribution < -0.4 is 9.47 Å². The standard InChI is InChI=1S/C27H38N2O4/c1-3-33-23-15-14-21(18-24(23)32-2)26-27(31)29(22-12-8-5-9-13-22)19-25(30)28(26)17-16-20-10-6-4-7-11-20/h10,14-15,18,22,26H,3-9,11-13,16-17,19H2,1-2H3/t26-/m0/s1. The largest absolute Gasteiger partial charge is 0.493 e. The van der Waals surface area contributed by atoms with Crippen LogP contribution in [0.2, 0.25) is 0 Å². The van der Waals surface area contributed by atoms with E-state index < -0.39 is 6.04 Å². The summed E-state index contributed by atoms with van der Waals surface area (Å²) in [6, 6.07) is 5.21. The van der Waals surface area contributed by atoms with Crippen LogP contribution in [0.4, 0.5) is 0 Å². The van der Waals surface area contributed by atoms with Crippen LogP contribution in [0.25, 0.3) is 0 Å². The first-order chi connectivity index (χ1) is 16.1. The second-order valence-electron chi connectivity index (χ2n) is 9.45. The summed E-state index contributed by atoms with van der Waals surface area (Å²) in [5.41, 5.74) is 2.21. The van der Waals surface area contributed by atoms with Gasteiger partial charge in [0.2, 0.25) is 5.91 Å². The van der Waals surface area contributed by atoms with E-state index in [2.05, 4.69) is 6.08 Å². The Bertz CT molecular complexity index is 875. The Hall–Kier alpha value is -2.50. The third kappa shape index (κ3) is 5.36. The molecule has 0 radical (unpaired) electrons. The van der Waals surface area contributed by atoms with Gasteiger partial charge in [-0.05, 0) is 69.6 Å². The molecule has 2 aliphatic carbocycles. The molecule has 1 saturated heterocycles. The van der Waals surface area contributed by atoms with Gasteiger partial charge in [0.25, 0.3) is 5.91 Å². The second kappa shape index (κ2) is 11.1. The summed E-state index contributed by atoms with van der Waals surface area (Å²) in [4.78, 5) is 31.0. The van der Waals surface area contributed by atoms with Crippen molar-refractivity contribution in [2.75, 3.05) is 26.8 Å². The van der Waals surface area contributed by atoms with Crippen LogP contribution in [0.15, 0.2) is 29.8 Å². The number of benzene rings is 1. The zero-order valence-corrected chi connectivity index (χ0v) is 20.2. The number of piperazine rings is 1. The number of hydrogen-bond acceptors (Lipinski definition) is 4. The molecule has 0 unspecified atom stereocenters. The van der Waals surface area contributed by atoms with E-state index in [0.29, 0.717) is 24.7 Å². The molecular weight excluding hydrogens is 416 g/mol. The summed E-state index contributed by atoms with van der Waals surface area (Å²) in [7, 11) is 1.61. The van der Waals surface area contributed by atoms with Gasteiger partial charge < -0.3 is 19.3 Å². The molecule has 4 rings (SSSR count). The molecule has 33 heavy (non-hydrogen) atoms. The van der Waals surface area contributed by atoms with Crippen molar-refractivity contribution in [3.05, 3.63) is 35.4 Å². The summed E-state index contributed by atoms with van der Waals surface area (Å²) >= 11 is 0. The van der Waals surface area contributed by atoms with E-state index in [9.17, 15) is 9.59 Å². The van der Waals surface area contributed by atoms with Crippen molar-refractivity contribution in [1.29, 1.82) is 0 Å². The van der Waals surface area contributed by atoms with Crippen LogP contribution in [0, 0.1) is 0 Å². The Kier molecular flexibility index (Phi) is 7.94. The molecule has 180 valence electrons. The fourth-order valence-electron chi connectivity index (χ4n) is 5.55. The Labute approximate surface area is 197 Å². The van der Waals surface area contributed by atoms with Crippen molar-refractivity contribution in [2.24, 2.45) is 0 Å². The highest BCUT2D eigenvalue weighted by Crippen LogP contribution is 2.37. The molecular formula is C27H38N2O4. The summed E-state index contributed by atoms with van der Waals surface area (Å²) in [5.74, 6) is 1.35. The average Bonchev–Trinajstić information content (AvgIpc) is 2.86. The molecule has 1 saturated carbocycles. The van der Waals surface area contributed by atoms with Gasteiger partial charge in [-0.1, -0.05) is 37.0 Å².